The topological polar surface area (TPSA) is 20.3 Å². The molecule has 2 rings (SSSR count). The largest absolute Gasteiger partial charge is 0.314 e. The highest BCUT2D eigenvalue weighted by Gasteiger charge is 2.47. The Morgan fingerprint density at radius 2 is 1.94 bits per heavy atom. The van der Waals surface area contributed by atoms with Crippen molar-refractivity contribution in [3.05, 3.63) is 27.3 Å². The van der Waals surface area contributed by atoms with E-state index in [-0.39, 0.29) is 16.7 Å². The van der Waals surface area contributed by atoms with Crippen LogP contribution in [0.15, 0.2) is 18.2 Å². The predicted octanol–water partition coefficient (Wildman–Crippen LogP) is 3.96. The maximum Gasteiger partial charge on any atom is 0.237 e. The van der Waals surface area contributed by atoms with Gasteiger partial charge in [-0.3, -0.25) is 4.79 Å². The summed E-state index contributed by atoms with van der Waals surface area (Å²) >= 11 is 2.31. The van der Waals surface area contributed by atoms with Gasteiger partial charge >= 0.3 is 0 Å². The number of nitrogens with zero attached hydrogens (tertiary/aromatic N) is 1. The van der Waals surface area contributed by atoms with E-state index in [1.54, 1.807) is 4.90 Å². The van der Waals surface area contributed by atoms with Crippen LogP contribution in [0.4, 0.5) is 5.69 Å². The summed E-state index contributed by atoms with van der Waals surface area (Å²) in [7, 11) is 1.88. The number of amides is 1. The highest BCUT2D eigenvalue weighted by atomic mass is 127. The molecule has 0 aliphatic carbocycles. The SMILES string of the molecule is CN1C(=O)C(C)(CC(C)(C)C)c2cc(I)ccc21. The molecule has 0 saturated heterocycles. The number of rotatable bonds is 1. The summed E-state index contributed by atoms with van der Waals surface area (Å²) in [5.74, 6) is 0.217. The third-order valence-electron chi connectivity index (χ3n) is 3.57. The van der Waals surface area contributed by atoms with Crippen LogP contribution in [0.2, 0.25) is 0 Å². The Bertz CT molecular complexity index is 504. The van der Waals surface area contributed by atoms with E-state index in [9.17, 15) is 4.79 Å². The molecule has 0 aromatic heterocycles. The molecule has 0 saturated carbocycles. The molecule has 18 heavy (non-hydrogen) atoms. The van der Waals surface area contributed by atoms with E-state index in [1.165, 1.54) is 9.13 Å². The quantitative estimate of drug-likeness (QED) is 0.697. The second-order valence-corrected chi connectivity index (χ2v) is 7.84. The van der Waals surface area contributed by atoms with E-state index >= 15 is 0 Å². The Labute approximate surface area is 123 Å². The van der Waals surface area contributed by atoms with Crippen molar-refractivity contribution in [1.82, 2.24) is 0 Å². The summed E-state index contributed by atoms with van der Waals surface area (Å²) in [5, 5.41) is 0. The molecule has 0 bridgehead atoms. The van der Waals surface area contributed by atoms with Gasteiger partial charge in [-0.2, -0.15) is 0 Å². The molecule has 0 spiro atoms. The average Bonchev–Trinajstić information content (AvgIpc) is 2.39. The molecule has 0 N–H and O–H groups in total. The first-order valence-electron chi connectivity index (χ1n) is 6.23. The maximum absolute atomic E-state index is 12.6. The zero-order valence-electron chi connectivity index (χ0n) is 11.7. The fourth-order valence-electron chi connectivity index (χ4n) is 3.07. The lowest BCUT2D eigenvalue weighted by molar-refractivity contribution is -0.123. The Morgan fingerprint density at radius 1 is 1.33 bits per heavy atom. The van der Waals surface area contributed by atoms with Gasteiger partial charge in [-0.15, -0.1) is 0 Å². The summed E-state index contributed by atoms with van der Waals surface area (Å²) in [6.45, 7) is 8.66. The second kappa shape index (κ2) is 4.22. The van der Waals surface area contributed by atoms with Crippen molar-refractivity contribution in [2.45, 2.75) is 39.5 Å². The lowest BCUT2D eigenvalue weighted by Crippen LogP contribution is -2.39. The van der Waals surface area contributed by atoms with Gasteiger partial charge in [0.1, 0.15) is 0 Å². The van der Waals surface area contributed by atoms with Gasteiger partial charge in [0, 0.05) is 16.3 Å². The van der Waals surface area contributed by atoms with Crippen LogP contribution in [0, 0.1) is 8.99 Å². The lowest BCUT2D eigenvalue weighted by Gasteiger charge is -2.31. The van der Waals surface area contributed by atoms with E-state index < -0.39 is 0 Å². The molecule has 1 aliphatic heterocycles. The van der Waals surface area contributed by atoms with Crippen LogP contribution in [-0.2, 0) is 10.2 Å². The molecule has 3 heteroatoms. The number of carbonyl (C=O) groups is 1. The van der Waals surface area contributed by atoms with Gasteiger partial charge in [-0.05, 0) is 65.1 Å². The van der Waals surface area contributed by atoms with E-state index in [0.717, 1.165) is 12.1 Å². The molecular weight excluding hydrogens is 337 g/mol. The number of likely N-dealkylation sites (N-methyl/N-ethyl adjacent to an activating group) is 1. The monoisotopic (exact) mass is 357 g/mol. The molecule has 1 atom stereocenters. The van der Waals surface area contributed by atoms with Crippen molar-refractivity contribution >= 4 is 34.2 Å². The Hall–Kier alpha value is -0.580. The van der Waals surface area contributed by atoms with Crippen LogP contribution in [0.3, 0.4) is 0 Å². The number of halogens is 1. The van der Waals surface area contributed by atoms with Gasteiger partial charge in [0.05, 0.1) is 5.41 Å². The summed E-state index contributed by atoms with van der Waals surface area (Å²) in [4.78, 5) is 14.4. The minimum absolute atomic E-state index is 0.133. The molecular formula is C15H20INO. The third-order valence-corrected chi connectivity index (χ3v) is 4.25. The van der Waals surface area contributed by atoms with Crippen LogP contribution in [0.1, 0.15) is 39.7 Å². The van der Waals surface area contributed by atoms with Crippen molar-refractivity contribution in [2.24, 2.45) is 5.41 Å². The van der Waals surface area contributed by atoms with Crippen molar-refractivity contribution in [3.63, 3.8) is 0 Å². The van der Waals surface area contributed by atoms with Crippen molar-refractivity contribution < 1.29 is 4.79 Å². The van der Waals surface area contributed by atoms with E-state index in [4.69, 9.17) is 0 Å². The first kappa shape index (κ1) is 13.8. The highest BCUT2D eigenvalue weighted by molar-refractivity contribution is 14.1. The number of fused-ring (bicyclic) bond motifs is 1. The number of anilines is 1. The van der Waals surface area contributed by atoms with Crippen LogP contribution >= 0.6 is 22.6 Å². The average molecular weight is 357 g/mol. The van der Waals surface area contributed by atoms with E-state index in [2.05, 4.69) is 68.5 Å². The molecule has 2 nitrogen and oxygen atoms in total. The maximum atomic E-state index is 12.6. The molecule has 1 amide bonds. The number of hydrogen-bond donors (Lipinski definition) is 0. The molecule has 98 valence electrons. The first-order valence-corrected chi connectivity index (χ1v) is 7.31. The summed E-state index contributed by atoms with van der Waals surface area (Å²) in [6, 6.07) is 6.28. The van der Waals surface area contributed by atoms with Crippen LogP contribution in [0.25, 0.3) is 0 Å². The molecule has 1 aromatic rings. The van der Waals surface area contributed by atoms with Gasteiger partial charge in [0.2, 0.25) is 5.91 Å². The fourth-order valence-corrected chi connectivity index (χ4v) is 3.56. The van der Waals surface area contributed by atoms with Crippen LogP contribution in [0.5, 0.6) is 0 Å². The van der Waals surface area contributed by atoms with Crippen molar-refractivity contribution in [1.29, 1.82) is 0 Å². The van der Waals surface area contributed by atoms with Gasteiger partial charge in [0.25, 0.3) is 0 Å². The molecule has 0 fully saturated rings. The van der Waals surface area contributed by atoms with E-state index in [1.807, 2.05) is 7.05 Å². The van der Waals surface area contributed by atoms with Crippen LogP contribution in [-0.4, -0.2) is 13.0 Å². The molecule has 1 aromatic carbocycles. The minimum Gasteiger partial charge on any atom is -0.314 e. The standard InChI is InChI=1S/C15H20INO/c1-14(2,3)9-15(4)11-8-10(16)6-7-12(11)17(5)13(15)18/h6-8H,9H2,1-5H3. The normalized spacial score (nSPS) is 23.4. The van der Waals surface area contributed by atoms with Gasteiger partial charge < -0.3 is 4.90 Å². The van der Waals surface area contributed by atoms with E-state index in [0.29, 0.717) is 0 Å². The smallest absolute Gasteiger partial charge is 0.237 e. The second-order valence-electron chi connectivity index (χ2n) is 6.60. The molecule has 1 unspecified atom stereocenters. The summed E-state index contributed by atoms with van der Waals surface area (Å²) in [5.41, 5.74) is 1.99. The van der Waals surface area contributed by atoms with Crippen molar-refractivity contribution in [2.75, 3.05) is 11.9 Å². The summed E-state index contributed by atoms with van der Waals surface area (Å²) in [6.07, 6.45) is 0.871. The van der Waals surface area contributed by atoms with Gasteiger partial charge in [0.15, 0.2) is 0 Å². The predicted molar refractivity (Wildman–Crippen MR) is 84.0 cm³/mol. The first-order chi connectivity index (χ1) is 8.15. The Kier molecular flexibility index (Phi) is 3.24. The third kappa shape index (κ3) is 2.17. The fraction of sp³-hybridized carbons (Fsp3) is 0.533. The number of hydrogen-bond acceptors (Lipinski definition) is 1. The van der Waals surface area contributed by atoms with Crippen LogP contribution < -0.4 is 4.90 Å². The number of benzene rings is 1. The Morgan fingerprint density at radius 3 is 2.50 bits per heavy atom. The summed E-state index contributed by atoms with van der Waals surface area (Å²) < 4.78 is 1.19. The zero-order valence-corrected chi connectivity index (χ0v) is 13.8. The zero-order chi connectivity index (χ0) is 13.7. The van der Waals surface area contributed by atoms with Gasteiger partial charge in [-0.1, -0.05) is 20.8 Å². The van der Waals surface area contributed by atoms with Crippen molar-refractivity contribution in [3.8, 4) is 0 Å². The molecule has 0 radical (unpaired) electrons. The lowest BCUT2D eigenvalue weighted by atomic mass is 9.71. The highest BCUT2D eigenvalue weighted by Crippen LogP contribution is 2.47. The molecule has 1 aliphatic rings. The Balaban J connectivity index is 2.57. The minimum atomic E-state index is -0.385. The van der Waals surface area contributed by atoms with Gasteiger partial charge in [-0.25, -0.2) is 0 Å². The number of carbonyl (C=O) groups excluding carboxylic acids is 1. The molecule has 1 heterocycles.